The van der Waals surface area contributed by atoms with Crippen molar-refractivity contribution in [3.63, 3.8) is 0 Å². The normalized spacial score (nSPS) is 21.7. The lowest BCUT2D eigenvalue weighted by Crippen LogP contribution is -2.27. The molecular weight excluding hydrogens is 264 g/mol. The van der Waals surface area contributed by atoms with Gasteiger partial charge in [-0.2, -0.15) is 0 Å². The minimum absolute atomic E-state index is 0.0502. The molecule has 0 aliphatic carbocycles. The zero-order valence-corrected chi connectivity index (χ0v) is 9.78. The van der Waals surface area contributed by atoms with Crippen LogP contribution in [0.1, 0.15) is 30.9 Å². The molecule has 2 rings (SSSR count). The van der Waals surface area contributed by atoms with Crippen molar-refractivity contribution in [2.45, 2.75) is 25.3 Å². The summed E-state index contributed by atoms with van der Waals surface area (Å²) in [5.41, 5.74) is 0.432. The van der Waals surface area contributed by atoms with Crippen molar-refractivity contribution in [2.24, 2.45) is 0 Å². The second kappa shape index (κ2) is 4.58. The Bertz CT molecular complexity index is 362. The SMILES string of the molecule is Fc1cc(Br)c(F)c(C2CCCCN2)c1. The maximum absolute atomic E-state index is 13.7. The van der Waals surface area contributed by atoms with Gasteiger partial charge < -0.3 is 5.32 Å². The quantitative estimate of drug-likeness (QED) is 0.773. The van der Waals surface area contributed by atoms with Crippen LogP contribution in [0.4, 0.5) is 8.78 Å². The van der Waals surface area contributed by atoms with Crippen molar-refractivity contribution in [3.8, 4) is 0 Å². The topological polar surface area (TPSA) is 12.0 Å². The van der Waals surface area contributed by atoms with Gasteiger partial charge in [0.05, 0.1) is 4.47 Å². The van der Waals surface area contributed by atoms with Crippen LogP contribution >= 0.6 is 15.9 Å². The molecule has 0 radical (unpaired) electrons. The van der Waals surface area contributed by atoms with Crippen LogP contribution in [0.2, 0.25) is 0 Å². The van der Waals surface area contributed by atoms with E-state index in [0.29, 0.717) is 5.56 Å². The Kier molecular flexibility index (Phi) is 3.36. The smallest absolute Gasteiger partial charge is 0.142 e. The third kappa shape index (κ3) is 2.37. The number of hydrogen-bond donors (Lipinski definition) is 1. The van der Waals surface area contributed by atoms with Gasteiger partial charge in [0.2, 0.25) is 0 Å². The molecule has 1 aromatic carbocycles. The third-order valence-electron chi connectivity index (χ3n) is 2.71. The van der Waals surface area contributed by atoms with Crippen molar-refractivity contribution >= 4 is 15.9 Å². The Hall–Kier alpha value is -0.480. The van der Waals surface area contributed by atoms with Gasteiger partial charge in [-0.15, -0.1) is 0 Å². The van der Waals surface area contributed by atoms with Crippen molar-refractivity contribution in [1.29, 1.82) is 0 Å². The van der Waals surface area contributed by atoms with Gasteiger partial charge in [-0.3, -0.25) is 0 Å². The van der Waals surface area contributed by atoms with E-state index in [1.54, 1.807) is 0 Å². The van der Waals surface area contributed by atoms with Crippen LogP contribution in [0.5, 0.6) is 0 Å². The van der Waals surface area contributed by atoms with E-state index in [1.165, 1.54) is 6.07 Å². The molecule has 82 valence electrons. The van der Waals surface area contributed by atoms with Crippen molar-refractivity contribution in [3.05, 3.63) is 33.8 Å². The molecule has 0 spiro atoms. The molecule has 4 heteroatoms. The van der Waals surface area contributed by atoms with E-state index < -0.39 is 5.82 Å². The molecule has 0 saturated carbocycles. The summed E-state index contributed by atoms with van der Waals surface area (Å²) in [5, 5.41) is 3.20. The number of piperidine rings is 1. The van der Waals surface area contributed by atoms with Gasteiger partial charge in [0, 0.05) is 11.6 Å². The molecule has 1 heterocycles. The Labute approximate surface area is 96.0 Å². The van der Waals surface area contributed by atoms with E-state index >= 15 is 0 Å². The van der Waals surface area contributed by atoms with Crippen LogP contribution in [-0.4, -0.2) is 6.54 Å². The molecule has 0 bridgehead atoms. The third-order valence-corrected chi connectivity index (χ3v) is 3.28. The number of hydrogen-bond acceptors (Lipinski definition) is 1. The highest BCUT2D eigenvalue weighted by molar-refractivity contribution is 9.10. The molecule has 0 amide bonds. The van der Waals surface area contributed by atoms with Crippen LogP contribution in [0, 0.1) is 11.6 Å². The first-order valence-electron chi connectivity index (χ1n) is 5.06. The second-order valence-corrected chi connectivity index (χ2v) is 4.65. The lowest BCUT2D eigenvalue weighted by atomic mass is 9.97. The zero-order valence-electron chi connectivity index (χ0n) is 8.19. The Balaban J connectivity index is 2.33. The van der Waals surface area contributed by atoms with E-state index in [4.69, 9.17) is 0 Å². The number of halogens is 3. The van der Waals surface area contributed by atoms with Gasteiger partial charge in [0.25, 0.3) is 0 Å². The van der Waals surface area contributed by atoms with Gasteiger partial charge in [0.15, 0.2) is 0 Å². The molecule has 1 fully saturated rings. The number of benzene rings is 1. The summed E-state index contributed by atoms with van der Waals surface area (Å²) in [6.07, 6.45) is 3.03. The summed E-state index contributed by atoms with van der Waals surface area (Å²) in [4.78, 5) is 0. The summed E-state index contributed by atoms with van der Waals surface area (Å²) in [7, 11) is 0. The molecule has 1 aromatic rings. The Morgan fingerprint density at radius 1 is 1.27 bits per heavy atom. The lowest BCUT2D eigenvalue weighted by molar-refractivity contribution is 0.397. The predicted molar refractivity (Wildman–Crippen MR) is 58.7 cm³/mol. The largest absolute Gasteiger partial charge is 0.310 e. The van der Waals surface area contributed by atoms with Crippen LogP contribution in [0.3, 0.4) is 0 Å². The van der Waals surface area contributed by atoms with Crippen LogP contribution in [-0.2, 0) is 0 Å². The molecule has 1 aliphatic rings. The van der Waals surface area contributed by atoms with Gasteiger partial charge in [-0.25, -0.2) is 8.78 Å². The van der Waals surface area contributed by atoms with Crippen molar-refractivity contribution in [1.82, 2.24) is 5.32 Å². The van der Waals surface area contributed by atoms with Gasteiger partial charge >= 0.3 is 0 Å². The maximum atomic E-state index is 13.7. The fourth-order valence-electron chi connectivity index (χ4n) is 1.95. The van der Waals surface area contributed by atoms with E-state index in [9.17, 15) is 8.78 Å². The average Bonchev–Trinajstić information content (AvgIpc) is 2.24. The van der Waals surface area contributed by atoms with Gasteiger partial charge in [-0.1, -0.05) is 6.42 Å². The monoisotopic (exact) mass is 275 g/mol. The van der Waals surface area contributed by atoms with E-state index in [-0.39, 0.29) is 16.3 Å². The van der Waals surface area contributed by atoms with Crippen LogP contribution < -0.4 is 5.32 Å². The second-order valence-electron chi connectivity index (χ2n) is 3.79. The standard InChI is InChI=1S/C11H12BrF2N/c12-9-6-7(13)5-8(11(9)14)10-3-1-2-4-15-10/h5-6,10,15H,1-4H2. The van der Waals surface area contributed by atoms with E-state index in [2.05, 4.69) is 21.2 Å². The summed E-state index contributed by atoms with van der Waals surface area (Å²) in [6.45, 7) is 0.873. The Morgan fingerprint density at radius 2 is 2.07 bits per heavy atom. The van der Waals surface area contributed by atoms with Crippen LogP contribution in [0.25, 0.3) is 0 Å². The van der Waals surface area contributed by atoms with Crippen molar-refractivity contribution in [2.75, 3.05) is 6.54 Å². The maximum Gasteiger partial charge on any atom is 0.142 e. The van der Waals surface area contributed by atoms with Gasteiger partial charge in [-0.05, 0) is 47.4 Å². The summed E-state index contributed by atoms with van der Waals surface area (Å²) in [5.74, 6) is -0.749. The first-order valence-corrected chi connectivity index (χ1v) is 5.85. The Morgan fingerprint density at radius 3 is 2.73 bits per heavy atom. The highest BCUT2D eigenvalue weighted by Gasteiger charge is 2.20. The molecule has 15 heavy (non-hydrogen) atoms. The highest BCUT2D eigenvalue weighted by Crippen LogP contribution is 2.29. The molecular formula is C11H12BrF2N. The first-order chi connectivity index (χ1) is 7.18. The van der Waals surface area contributed by atoms with E-state index in [1.807, 2.05) is 0 Å². The van der Waals surface area contributed by atoms with Gasteiger partial charge in [0.1, 0.15) is 11.6 Å². The van der Waals surface area contributed by atoms with Crippen LogP contribution in [0.15, 0.2) is 16.6 Å². The molecule has 1 saturated heterocycles. The summed E-state index contributed by atoms with van der Waals surface area (Å²) in [6, 6.07) is 2.39. The molecule has 1 N–H and O–H groups in total. The minimum atomic E-state index is -0.398. The highest BCUT2D eigenvalue weighted by atomic mass is 79.9. The average molecular weight is 276 g/mol. The van der Waals surface area contributed by atoms with E-state index in [0.717, 1.165) is 31.9 Å². The fourth-order valence-corrected chi connectivity index (χ4v) is 2.39. The number of rotatable bonds is 1. The summed E-state index contributed by atoms with van der Waals surface area (Å²) < 4.78 is 27.1. The minimum Gasteiger partial charge on any atom is -0.310 e. The van der Waals surface area contributed by atoms with Crippen molar-refractivity contribution < 1.29 is 8.78 Å². The number of nitrogens with one attached hydrogen (secondary N) is 1. The molecule has 1 atom stereocenters. The molecule has 1 nitrogen and oxygen atoms in total. The molecule has 1 aliphatic heterocycles. The predicted octanol–water partition coefficient (Wildman–Crippen LogP) is 3.54. The zero-order chi connectivity index (χ0) is 10.8. The lowest BCUT2D eigenvalue weighted by Gasteiger charge is -2.24. The fraction of sp³-hybridized carbons (Fsp3) is 0.455. The summed E-state index contributed by atoms with van der Waals surface area (Å²) >= 11 is 3.02. The first kappa shape index (κ1) is 11.0. The molecule has 0 aromatic heterocycles. The molecule has 1 unspecified atom stereocenters.